The van der Waals surface area contributed by atoms with Crippen molar-refractivity contribution in [3.8, 4) is 5.75 Å². The molecule has 0 amide bonds. The monoisotopic (exact) mass is 396 g/mol. The summed E-state index contributed by atoms with van der Waals surface area (Å²) in [5.74, 6) is -0.0971. The summed E-state index contributed by atoms with van der Waals surface area (Å²) in [5.41, 5.74) is 0.617. The van der Waals surface area contributed by atoms with E-state index < -0.39 is 16.0 Å². The van der Waals surface area contributed by atoms with Gasteiger partial charge in [-0.05, 0) is 57.0 Å². The maximum absolute atomic E-state index is 13.0. The van der Waals surface area contributed by atoms with Crippen LogP contribution in [0.4, 0.5) is 0 Å². The Balaban J connectivity index is 1.70. The fourth-order valence-electron chi connectivity index (χ4n) is 4.02. The van der Waals surface area contributed by atoms with Gasteiger partial charge in [0.15, 0.2) is 0 Å². The molecule has 0 radical (unpaired) electrons. The highest BCUT2D eigenvalue weighted by atomic mass is 32.2. The van der Waals surface area contributed by atoms with Gasteiger partial charge in [0.05, 0.1) is 11.4 Å². The number of ether oxygens (including phenoxy) is 1. The van der Waals surface area contributed by atoms with E-state index in [-0.39, 0.29) is 18.2 Å². The van der Waals surface area contributed by atoms with E-state index in [0.717, 1.165) is 11.3 Å². The zero-order valence-electron chi connectivity index (χ0n) is 16.1. The van der Waals surface area contributed by atoms with E-state index in [1.54, 1.807) is 18.2 Å². The Morgan fingerprint density at radius 3 is 2.59 bits per heavy atom. The summed E-state index contributed by atoms with van der Waals surface area (Å²) in [7, 11) is -3.56. The van der Waals surface area contributed by atoms with Crippen molar-refractivity contribution in [1.82, 2.24) is 9.21 Å². The highest BCUT2D eigenvalue weighted by molar-refractivity contribution is 7.89. The number of sulfonamides is 1. The fraction of sp³-hybridized carbons (Fsp3) is 0.632. The second kappa shape index (κ2) is 7.41. The summed E-state index contributed by atoms with van der Waals surface area (Å²) in [4.78, 5) is 13.2. The molecule has 0 spiro atoms. The smallest absolute Gasteiger partial charge is 0.317 e. The molecule has 150 valence electrons. The maximum Gasteiger partial charge on any atom is 0.317 e. The van der Waals surface area contributed by atoms with Gasteiger partial charge in [0.25, 0.3) is 0 Å². The van der Waals surface area contributed by atoms with Crippen molar-refractivity contribution >= 4 is 16.0 Å². The van der Waals surface area contributed by atoms with Gasteiger partial charge in [-0.3, -0.25) is 9.69 Å². The Morgan fingerprint density at radius 1 is 1.33 bits per heavy atom. The third kappa shape index (κ3) is 4.28. The molecule has 7 nitrogen and oxygen atoms in total. The fourth-order valence-corrected chi connectivity index (χ4v) is 5.54. The minimum absolute atomic E-state index is 0.00543. The van der Waals surface area contributed by atoms with Crippen LogP contribution in [0.3, 0.4) is 0 Å². The van der Waals surface area contributed by atoms with Crippen LogP contribution in [0.25, 0.3) is 0 Å². The molecule has 1 N–H and O–H groups in total. The van der Waals surface area contributed by atoms with Gasteiger partial charge >= 0.3 is 5.97 Å². The van der Waals surface area contributed by atoms with Crippen molar-refractivity contribution in [1.29, 1.82) is 0 Å². The van der Waals surface area contributed by atoms with Gasteiger partial charge in [0, 0.05) is 25.6 Å². The van der Waals surface area contributed by atoms with Crippen LogP contribution in [0.2, 0.25) is 0 Å². The van der Waals surface area contributed by atoms with Crippen LogP contribution in [0, 0.1) is 0 Å². The molecule has 2 heterocycles. The number of rotatable bonds is 6. The van der Waals surface area contributed by atoms with Crippen LogP contribution in [0.5, 0.6) is 5.75 Å². The highest BCUT2D eigenvalue weighted by Crippen LogP contribution is 2.36. The average Bonchev–Trinajstić information content (AvgIpc) is 2.92. The minimum atomic E-state index is -3.56. The van der Waals surface area contributed by atoms with Crippen molar-refractivity contribution in [2.45, 2.75) is 56.6 Å². The number of hydrogen-bond donors (Lipinski definition) is 1. The molecule has 0 unspecified atom stereocenters. The van der Waals surface area contributed by atoms with E-state index in [1.807, 2.05) is 25.7 Å². The SMILES string of the molecule is CCN(CC(=O)O)C1CCN(S(=O)(=O)c2ccc3c(c2)CC(C)(C)O3)CC1. The van der Waals surface area contributed by atoms with E-state index >= 15 is 0 Å². The summed E-state index contributed by atoms with van der Waals surface area (Å²) in [6.07, 6.45) is 1.97. The van der Waals surface area contributed by atoms with Crippen LogP contribution in [-0.2, 0) is 21.2 Å². The van der Waals surface area contributed by atoms with Gasteiger partial charge in [0.1, 0.15) is 11.4 Å². The summed E-state index contributed by atoms with van der Waals surface area (Å²) < 4.78 is 33.4. The van der Waals surface area contributed by atoms with Gasteiger partial charge in [-0.1, -0.05) is 6.92 Å². The number of carboxylic acid groups (broad SMARTS) is 1. The zero-order valence-corrected chi connectivity index (χ0v) is 17.0. The van der Waals surface area contributed by atoms with Crippen molar-refractivity contribution in [3.05, 3.63) is 23.8 Å². The topological polar surface area (TPSA) is 87.2 Å². The molecule has 27 heavy (non-hydrogen) atoms. The van der Waals surface area contributed by atoms with E-state index in [9.17, 15) is 13.2 Å². The number of aliphatic carboxylic acids is 1. The molecule has 1 aromatic rings. The lowest BCUT2D eigenvalue weighted by atomic mass is 10.0. The first-order valence-corrected chi connectivity index (χ1v) is 10.8. The lowest BCUT2D eigenvalue weighted by Crippen LogP contribution is -2.48. The predicted molar refractivity (Wildman–Crippen MR) is 102 cm³/mol. The number of nitrogens with zero attached hydrogens (tertiary/aromatic N) is 2. The molecule has 0 aromatic heterocycles. The van der Waals surface area contributed by atoms with Crippen molar-refractivity contribution in [2.75, 3.05) is 26.2 Å². The second-order valence-electron chi connectivity index (χ2n) is 7.90. The highest BCUT2D eigenvalue weighted by Gasteiger charge is 2.34. The van der Waals surface area contributed by atoms with Gasteiger partial charge in [-0.15, -0.1) is 0 Å². The van der Waals surface area contributed by atoms with Crippen LogP contribution in [0.1, 0.15) is 39.2 Å². The van der Waals surface area contributed by atoms with Gasteiger partial charge in [-0.25, -0.2) is 8.42 Å². The lowest BCUT2D eigenvalue weighted by molar-refractivity contribution is -0.139. The number of hydrogen-bond acceptors (Lipinski definition) is 5. The Kier molecular flexibility index (Phi) is 5.52. The number of carboxylic acids is 1. The van der Waals surface area contributed by atoms with Gasteiger partial charge < -0.3 is 9.84 Å². The molecule has 0 aliphatic carbocycles. The van der Waals surface area contributed by atoms with E-state index in [1.165, 1.54) is 4.31 Å². The van der Waals surface area contributed by atoms with E-state index in [2.05, 4.69) is 0 Å². The number of benzene rings is 1. The minimum Gasteiger partial charge on any atom is -0.487 e. The van der Waals surface area contributed by atoms with Gasteiger partial charge in [0.2, 0.25) is 10.0 Å². The Hall–Kier alpha value is -1.64. The van der Waals surface area contributed by atoms with E-state index in [0.29, 0.717) is 43.8 Å². The normalized spacial score (nSPS) is 20.4. The number of carbonyl (C=O) groups is 1. The maximum atomic E-state index is 13.0. The first-order chi connectivity index (χ1) is 12.6. The van der Waals surface area contributed by atoms with Crippen LogP contribution >= 0.6 is 0 Å². The van der Waals surface area contributed by atoms with Crippen molar-refractivity contribution in [2.24, 2.45) is 0 Å². The van der Waals surface area contributed by atoms with Crippen LogP contribution in [0.15, 0.2) is 23.1 Å². The molecule has 0 saturated carbocycles. The largest absolute Gasteiger partial charge is 0.487 e. The molecular formula is C19H28N2O5S. The Bertz CT molecular complexity index is 813. The second-order valence-corrected chi connectivity index (χ2v) is 9.84. The third-order valence-electron chi connectivity index (χ3n) is 5.36. The number of piperidine rings is 1. The molecule has 2 aliphatic heterocycles. The molecule has 3 rings (SSSR count). The van der Waals surface area contributed by atoms with Crippen LogP contribution in [-0.4, -0.2) is 66.5 Å². The summed E-state index contributed by atoms with van der Waals surface area (Å²) in [6, 6.07) is 5.19. The van der Waals surface area contributed by atoms with Crippen molar-refractivity contribution in [3.63, 3.8) is 0 Å². The molecule has 0 bridgehead atoms. The first-order valence-electron chi connectivity index (χ1n) is 9.40. The Labute approximate surface area is 161 Å². The molecule has 0 atom stereocenters. The molecular weight excluding hydrogens is 368 g/mol. The van der Waals surface area contributed by atoms with Crippen LogP contribution < -0.4 is 4.74 Å². The lowest BCUT2D eigenvalue weighted by Gasteiger charge is -2.36. The zero-order chi connectivity index (χ0) is 19.8. The first kappa shape index (κ1) is 20.1. The average molecular weight is 397 g/mol. The quantitative estimate of drug-likeness (QED) is 0.791. The predicted octanol–water partition coefficient (Wildman–Crippen LogP) is 1.96. The third-order valence-corrected chi connectivity index (χ3v) is 7.25. The number of fused-ring (bicyclic) bond motifs is 1. The van der Waals surface area contributed by atoms with E-state index in [4.69, 9.17) is 9.84 Å². The number of likely N-dealkylation sites (N-methyl/N-ethyl adjacent to an activating group) is 1. The molecule has 1 saturated heterocycles. The van der Waals surface area contributed by atoms with Crippen molar-refractivity contribution < 1.29 is 23.1 Å². The summed E-state index contributed by atoms with van der Waals surface area (Å²) >= 11 is 0. The standard InChI is InChI=1S/C19H28N2O5S/c1-4-20(13-18(22)23)15-7-9-21(10-8-15)27(24,25)16-5-6-17-14(11-16)12-19(2,3)26-17/h5-6,11,15H,4,7-10,12-13H2,1-3H3,(H,22,23). The summed E-state index contributed by atoms with van der Waals surface area (Å²) in [5, 5.41) is 9.03. The molecule has 8 heteroatoms. The summed E-state index contributed by atoms with van der Waals surface area (Å²) in [6.45, 7) is 7.36. The molecule has 1 fully saturated rings. The Morgan fingerprint density at radius 2 is 2.00 bits per heavy atom. The molecule has 1 aromatic carbocycles. The van der Waals surface area contributed by atoms with Gasteiger partial charge in [-0.2, -0.15) is 4.31 Å². The molecule has 2 aliphatic rings.